The van der Waals surface area contributed by atoms with Gasteiger partial charge >= 0.3 is 5.97 Å². The molecular formula is C18H17N5O4. The quantitative estimate of drug-likeness (QED) is 0.645. The van der Waals surface area contributed by atoms with Crippen molar-refractivity contribution in [1.82, 2.24) is 19.7 Å². The molecule has 1 amide bonds. The van der Waals surface area contributed by atoms with Crippen molar-refractivity contribution < 1.29 is 14.7 Å². The number of carboxylic acids is 1. The first-order chi connectivity index (χ1) is 12.8. The third-order valence-electron chi connectivity index (χ3n) is 4.06. The maximum atomic E-state index is 12.6. The Kier molecular flexibility index (Phi) is 4.59. The van der Waals surface area contributed by atoms with E-state index in [4.69, 9.17) is 0 Å². The van der Waals surface area contributed by atoms with Gasteiger partial charge in [-0.05, 0) is 32.9 Å². The molecule has 0 fully saturated rings. The summed E-state index contributed by atoms with van der Waals surface area (Å²) in [6.45, 7) is 5.08. The number of nitrogens with one attached hydrogen (secondary N) is 2. The molecule has 3 rings (SSSR count). The lowest BCUT2D eigenvalue weighted by Gasteiger charge is -2.10. The Hall–Kier alpha value is -3.75. The van der Waals surface area contributed by atoms with Crippen molar-refractivity contribution in [1.29, 1.82) is 0 Å². The Morgan fingerprint density at radius 1 is 1.15 bits per heavy atom. The Bertz CT molecular complexity index is 1110. The molecule has 0 saturated carbocycles. The predicted molar refractivity (Wildman–Crippen MR) is 97.5 cm³/mol. The first-order valence-corrected chi connectivity index (χ1v) is 8.06. The highest BCUT2D eigenvalue weighted by molar-refractivity contribution is 6.10. The number of aromatic carboxylic acids is 1. The number of H-pyrrole nitrogens is 1. The number of aromatic nitrogens is 4. The van der Waals surface area contributed by atoms with Gasteiger partial charge in [0.1, 0.15) is 5.82 Å². The summed E-state index contributed by atoms with van der Waals surface area (Å²) in [6, 6.07) is 7.48. The van der Waals surface area contributed by atoms with E-state index in [-0.39, 0.29) is 28.5 Å². The standard InChI is InChI=1S/C18H17N5O4/c1-9-8-14(20-16(25)12-6-4-5-7-13(12)17(26)27)23(22-9)18-19-11(3)10(2)15(24)21-18/h4-8H,1-3H3,(H,20,25)(H,26,27)(H,19,21,24). The number of carboxylic acid groups (broad SMARTS) is 1. The highest BCUT2D eigenvalue weighted by atomic mass is 16.4. The molecule has 2 heterocycles. The summed E-state index contributed by atoms with van der Waals surface area (Å²) in [5.74, 6) is -1.41. The highest BCUT2D eigenvalue weighted by Crippen LogP contribution is 2.17. The van der Waals surface area contributed by atoms with Crippen LogP contribution in [0.2, 0.25) is 0 Å². The van der Waals surface area contributed by atoms with Gasteiger partial charge < -0.3 is 10.4 Å². The first-order valence-electron chi connectivity index (χ1n) is 8.06. The molecule has 3 aromatic rings. The van der Waals surface area contributed by atoms with Gasteiger partial charge in [0, 0.05) is 17.3 Å². The van der Waals surface area contributed by atoms with E-state index in [1.807, 2.05) is 0 Å². The van der Waals surface area contributed by atoms with Crippen LogP contribution in [0.3, 0.4) is 0 Å². The van der Waals surface area contributed by atoms with Crippen molar-refractivity contribution in [3.8, 4) is 5.95 Å². The highest BCUT2D eigenvalue weighted by Gasteiger charge is 2.19. The smallest absolute Gasteiger partial charge is 0.336 e. The number of carbonyl (C=O) groups is 2. The van der Waals surface area contributed by atoms with Crippen molar-refractivity contribution in [2.45, 2.75) is 20.8 Å². The zero-order valence-electron chi connectivity index (χ0n) is 14.9. The summed E-state index contributed by atoms with van der Waals surface area (Å²) in [6.07, 6.45) is 0. The van der Waals surface area contributed by atoms with Crippen LogP contribution in [-0.4, -0.2) is 36.7 Å². The fraction of sp³-hybridized carbons (Fsp3) is 0.167. The predicted octanol–water partition coefficient (Wildman–Crippen LogP) is 1.83. The van der Waals surface area contributed by atoms with Gasteiger partial charge in [-0.25, -0.2) is 9.78 Å². The number of benzene rings is 1. The minimum atomic E-state index is -1.20. The molecule has 1 aromatic carbocycles. The summed E-state index contributed by atoms with van der Waals surface area (Å²) < 4.78 is 1.30. The molecule has 0 aliphatic rings. The van der Waals surface area contributed by atoms with Gasteiger partial charge in [-0.3, -0.25) is 14.6 Å². The average molecular weight is 367 g/mol. The fourth-order valence-corrected chi connectivity index (χ4v) is 2.53. The van der Waals surface area contributed by atoms with E-state index in [0.29, 0.717) is 17.0 Å². The molecule has 0 unspecified atom stereocenters. The van der Waals surface area contributed by atoms with Crippen molar-refractivity contribution in [2.75, 3.05) is 5.32 Å². The molecule has 0 bridgehead atoms. The van der Waals surface area contributed by atoms with E-state index in [1.165, 1.54) is 16.8 Å². The Morgan fingerprint density at radius 2 is 1.81 bits per heavy atom. The molecule has 2 aromatic heterocycles. The fourth-order valence-electron chi connectivity index (χ4n) is 2.53. The Morgan fingerprint density at radius 3 is 2.44 bits per heavy atom. The van der Waals surface area contributed by atoms with Gasteiger partial charge in [0.25, 0.3) is 11.5 Å². The lowest BCUT2D eigenvalue weighted by atomic mass is 10.1. The van der Waals surface area contributed by atoms with Crippen LogP contribution in [0.5, 0.6) is 0 Å². The van der Waals surface area contributed by atoms with Crippen molar-refractivity contribution >= 4 is 17.7 Å². The summed E-state index contributed by atoms with van der Waals surface area (Å²) >= 11 is 0. The molecule has 3 N–H and O–H groups in total. The lowest BCUT2D eigenvalue weighted by molar-refractivity contribution is 0.0692. The van der Waals surface area contributed by atoms with E-state index >= 15 is 0 Å². The van der Waals surface area contributed by atoms with Crippen LogP contribution in [0, 0.1) is 20.8 Å². The number of aromatic amines is 1. The number of nitrogens with zero attached hydrogens (tertiary/aromatic N) is 3. The Labute approximate surface area is 153 Å². The summed E-state index contributed by atoms with van der Waals surface area (Å²) in [4.78, 5) is 42.9. The summed E-state index contributed by atoms with van der Waals surface area (Å²) in [5, 5.41) is 16.1. The first kappa shape index (κ1) is 18.1. The van der Waals surface area contributed by atoms with Crippen LogP contribution in [0.15, 0.2) is 35.1 Å². The van der Waals surface area contributed by atoms with E-state index in [9.17, 15) is 19.5 Å². The summed E-state index contributed by atoms with van der Waals surface area (Å²) in [7, 11) is 0. The molecule has 0 radical (unpaired) electrons. The van der Waals surface area contributed by atoms with Gasteiger partial charge in [0.05, 0.1) is 16.8 Å². The molecule has 9 nitrogen and oxygen atoms in total. The van der Waals surface area contributed by atoms with Crippen LogP contribution >= 0.6 is 0 Å². The van der Waals surface area contributed by atoms with Crippen LogP contribution in [0.1, 0.15) is 37.7 Å². The second-order valence-electron chi connectivity index (χ2n) is 5.99. The average Bonchev–Trinajstić information content (AvgIpc) is 2.99. The molecule has 0 spiro atoms. The van der Waals surface area contributed by atoms with E-state index in [0.717, 1.165) is 0 Å². The maximum Gasteiger partial charge on any atom is 0.336 e. The van der Waals surface area contributed by atoms with Crippen LogP contribution in [0.25, 0.3) is 5.95 Å². The van der Waals surface area contributed by atoms with E-state index < -0.39 is 11.9 Å². The van der Waals surface area contributed by atoms with Crippen LogP contribution < -0.4 is 10.9 Å². The van der Waals surface area contributed by atoms with Crippen molar-refractivity contribution in [3.63, 3.8) is 0 Å². The largest absolute Gasteiger partial charge is 0.478 e. The monoisotopic (exact) mass is 367 g/mol. The lowest BCUT2D eigenvalue weighted by Crippen LogP contribution is -2.21. The zero-order valence-corrected chi connectivity index (χ0v) is 14.9. The van der Waals surface area contributed by atoms with Gasteiger partial charge in [0.15, 0.2) is 0 Å². The van der Waals surface area contributed by atoms with Crippen LogP contribution in [0.4, 0.5) is 5.82 Å². The molecule has 0 atom stereocenters. The van der Waals surface area contributed by atoms with Gasteiger partial charge in [-0.1, -0.05) is 12.1 Å². The Balaban J connectivity index is 2.02. The normalized spacial score (nSPS) is 10.6. The SMILES string of the molecule is Cc1cc(NC(=O)c2ccccc2C(=O)O)n(-c2nc(C)c(C)c(=O)[nH]2)n1. The number of hydrogen-bond donors (Lipinski definition) is 3. The molecule has 9 heteroatoms. The van der Waals surface area contributed by atoms with Crippen molar-refractivity contribution in [2.24, 2.45) is 0 Å². The molecule has 0 saturated heterocycles. The number of aryl methyl sites for hydroxylation is 2. The molecule has 0 aliphatic carbocycles. The third kappa shape index (κ3) is 3.47. The van der Waals surface area contributed by atoms with Gasteiger partial charge in [0.2, 0.25) is 5.95 Å². The zero-order chi connectivity index (χ0) is 19.7. The second kappa shape index (κ2) is 6.87. The number of carbonyl (C=O) groups excluding carboxylic acids is 1. The summed E-state index contributed by atoms with van der Waals surface area (Å²) in [5.41, 5.74) is 1.20. The second-order valence-corrected chi connectivity index (χ2v) is 5.99. The third-order valence-corrected chi connectivity index (χ3v) is 4.06. The number of hydrogen-bond acceptors (Lipinski definition) is 5. The molecule has 138 valence electrons. The topological polar surface area (TPSA) is 130 Å². The van der Waals surface area contributed by atoms with Crippen LogP contribution in [-0.2, 0) is 0 Å². The molecular weight excluding hydrogens is 350 g/mol. The van der Waals surface area contributed by atoms with E-state index in [1.54, 1.807) is 39.0 Å². The minimum absolute atomic E-state index is 0.0111. The number of anilines is 1. The minimum Gasteiger partial charge on any atom is -0.478 e. The van der Waals surface area contributed by atoms with Gasteiger partial charge in [-0.15, -0.1) is 0 Å². The van der Waals surface area contributed by atoms with E-state index in [2.05, 4.69) is 20.4 Å². The maximum absolute atomic E-state index is 12.6. The van der Waals surface area contributed by atoms with Crippen molar-refractivity contribution in [3.05, 3.63) is 68.8 Å². The number of rotatable bonds is 4. The number of amides is 1. The van der Waals surface area contributed by atoms with Gasteiger partial charge in [-0.2, -0.15) is 9.78 Å². The molecule has 27 heavy (non-hydrogen) atoms. The molecule has 0 aliphatic heterocycles.